The topological polar surface area (TPSA) is 107 Å². The molecule has 7 nitrogen and oxygen atoms in total. The highest BCUT2D eigenvalue weighted by atomic mass is 16.6. The molecule has 0 radical (unpaired) electrons. The second kappa shape index (κ2) is 5.14. The largest absolute Gasteiger partial charge is 0.480 e. The van der Waals surface area contributed by atoms with Crippen LogP contribution in [-0.2, 0) is 4.79 Å². The summed E-state index contributed by atoms with van der Waals surface area (Å²) in [6.45, 7) is 1.46. The Balaban J connectivity index is 3.21. The zero-order valence-electron chi connectivity index (χ0n) is 9.82. The van der Waals surface area contributed by atoms with Crippen molar-refractivity contribution in [3.8, 4) is 6.07 Å². The molecule has 0 saturated heterocycles. The molecule has 0 saturated carbocycles. The molecule has 0 aliphatic heterocycles. The van der Waals surface area contributed by atoms with Crippen LogP contribution in [0.1, 0.15) is 12.5 Å². The Morgan fingerprint density at radius 2 is 2.22 bits per heavy atom. The molecule has 0 aromatic heterocycles. The molecule has 1 aromatic carbocycles. The Labute approximate surface area is 103 Å². The summed E-state index contributed by atoms with van der Waals surface area (Å²) in [6, 6.07) is 4.87. The molecule has 1 aromatic rings. The van der Waals surface area contributed by atoms with Gasteiger partial charge in [-0.1, -0.05) is 0 Å². The van der Waals surface area contributed by atoms with E-state index in [2.05, 4.69) is 0 Å². The van der Waals surface area contributed by atoms with Gasteiger partial charge in [0.2, 0.25) is 0 Å². The number of hydrogen-bond acceptors (Lipinski definition) is 5. The van der Waals surface area contributed by atoms with E-state index in [1.807, 2.05) is 0 Å². The number of aliphatic carboxylic acids is 1. The lowest BCUT2D eigenvalue weighted by molar-refractivity contribution is -0.385. The summed E-state index contributed by atoms with van der Waals surface area (Å²) < 4.78 is 0. The molecule has 7 heteroatoms. The number of carbonyl (C=O) groups is 1. The maximum Gasteiger partial charge on any atom is 0.326 e. The van der Waals surface area contributed by atoms with Crippen molar-refractivity contribution in [1.29, 1.82) is 5.26 Å². The second-order valence-corrected chi connectivity index (χ2v) is 3.70. The number of hydrogen-bond donors (Lipinski definition) is 1. The van der Waals surface area contributed by atoms with Gasteiger partial charge in [-0.05, 0) is 19.1 Å². The summed E-state index contributed by atoms with van der Waals surface area (Å²) in [5.74, 6) is -1.04. The first-order chi connectivity index (χ1) is 8.38. The second-order valence-electron chi connectivity index (χ2n) is 3.70. The highest BCUT2D eigenvalue weighted by Crippen LogP contribution is 2.25. The highest BCUT2D eigenvalue weighted by molar-refractivity contribution is 5.78. The lowest BCUT2D eigenvalue weighted by Crippen LogP contribution is -2.35. The fraction of sp³-hybridized carbons (Fsp3) is 0.273. The molecule has 94 valence electrons. The Morgan fingerprint density at radius 3 is 2.67 bits per heavy atom. The summed E-state index contributed by atoms with van der Waals surface area (Å²) in [5.41, 5.74) is -0.0184. The van der Waals surface area contributed by atoms with Crippen molar-refractivity contribution in [3.05, 3.63) is 33.9 Å². The summed E-state index contributed by atoms with van der Waals surface area (Å²) in [5, 5.41) is 28.4. The van der Waals surface area contributed by atoms with Crippen LogP contribution in [0.25, 0.3) is 0 Å². The molecular weight excluding hydrogens is 238 g/mol. The Hall–Kier alpha value is -2.62. The number of nitriles is 1. The lowest BCUT2D eigenvalue weighted by atomic mass is 10.1. The summed E-state index contributed by atoms with van der Waals surface area (Å²) in [4.78, 5) is 22.3. The van der Waals surface area contributed by atoms with Crippen LogP contribution >= 0.6 is 0 Å². The maximum atomic E-state index is 10.8. The summed E-state index contributed by atoms with van der Waals surface area (Å²) in [6.07, 6.45) is 0. The van der Waals surface area contributed by atoms with E-state index < -0.39 is 16.9 Å². The number of carboxylic acid groups (broad SMARTS) is 1. The molecule has 0 bridgehead atoms. The lowest BCUT2D eigenvalue weighted by Gasteiger charge is -2.23. The first-order valence-electron chi connectivity index (χ1n) is 5.02. The van der Waals surface area contributed by atoms with E-state index in [9.17, 15) is 14.9 Å². The third-order valence-corrected chi connectivity index (χ3v) is 2.64. The van der Waals surface area contributed by atoms with Crippen LogP contribution in [0.4, 0.5) is 11.4 Å². The van der Waals surface area contributed by atoms with E-state index in [0.29, 0.717) is 5.69 Å². The van der Waals surface area contributed by atoms with Crippen molar-refractivity contribution >= 4 is 17.3 Å². The first-order valence-corrected chi connectivity index (χ1v) is 5.02. The minimum Gasteiger partial charge on any atom is -0.480 e. The van der Waals surface area contributed by atoms with Gasteiger partial charge in [-0.2, -0.15) is 5.26 Å². The van der Waals surface area contributed by atoms with Gasteiger partial charge in [0.1, 0.15) is 17.7 Å². The summed E-state index contributed by atoms with van der Waals surface area (Å²) >= 11 is 0. The molecule has 1 atom stereocenters. The molecule has 18 heavy (non-hydrogen) atoms. The van der Waals surface area contributed by atoms with Gasteiger partial charge in [0.25, 0.3) is 5.69 Å². The predicted octanol–water partition coefficient (Wildman–Crippen LogP) is 1.38. The number of nitro benzene ring substituents is 1. The number of likely N-dealkylation sites (N-methyl/N-ethyl adjacent to an activating group) is 1. The maximum absolute atomic E-state index is 10.8. The number of rotatable bonds is 4. The Morgan fingerprint density at radius 1 is 1.61 bits per heavy atom. The number of carboxylic acids is 1. The summed E-state index contributed by atoms with van der Waals surface area (Å²) in [7, 11) is 1.52. The van der Waals surface area contributed by atoms with Crippen LogP contribution in [0.15, 0.2) is 18.2 Å². The molecule has 0 amide bonds. The van der Waals surface area contributed by atoms with E-state index in [1.54, 1.807) is 6.07 Å². The van der Waals surface area contributed by atoms with Crippen molar-refractivity contribution in [2.45, 2.75) is 13.0 Å². The van der Waals surface area contributed by atoms with Crippen molar-refractivity contribution in [2.24, 2.45) is 0 Å². The monoisotopic (exact) mass is 249 g/mol. The Bertz CT molecular complexity index is 536. The van der Waals surface area contributed by atoms with Gasteiger partial charge in [0.15, 0.2) is 0 Å². The third-order valence-electron chi connectivity index (χ3n) is 2.64. The SMILES string of the molecule is CC(C(=O)O)N(C)c1ccc(C#N)c([N+](=O)[O-])c1. The van der Waals surface area contributed by atoms with Crippen molar-refractivity contribution in [1.82, 2.24) is 0 Å². The van der Waals surface area contributed by atoms with Gasteiger partial charge >= 0.3 is 5.97 Å². The van der Waals surface area contributed by atoms with E-state index in [0.717, 1.165) is 0 Å². The fourth-order valence-corrected chi connectivity index (χ4v) is 1.37. The van der Waals surface area contributed by atoms with E-state index >= 15 is 0 Å². The van der Waals surface area contributed by atoms with Crippen LogP contribution in [0.2, 0.25) is 0 Å². The molecule has 0 aliphatic rings. The van der Waals surface area contributed by atoms with Gasteiger partial charge in [0.05, 0.1) is 4.92 Å². The third kappa shape index (κ3) is 2.55. The van der Waals surface area contributed by atoms with Crippen molar-refractivity contribution in [3.63, 3.8) is 0 Å². The fourth-order valence-electron chi connectivity index (χ4n) is 1.37. The number of nitro groups is 1. The minimum absolute atomic E-state index is 0.0554. The van der Waals surface area contributed by atoms with Gasteiger partial charge in [-0.25, -0.2) is 4.79 Å². The van der Waals surface area contributed by atoms with E-state index in [4.69, 9.17) is 10.4 Å². The molecule has 0 heterocycles. The van der Waals surface area contributed by atoms with Gasteiger partial charge in [0, 0.05) is 18.8 Å². The average molecular weight is 249 g/mol. The van der Waals surface area contributed by atoms with Crippen LogP contribution in [0.3, 0.4) is 0 Å². The predicted molar refractivity (Wildman–Crippen MR) is 63.3 cm³/mol. The van der Waals surface area contributed by atoms with Crippen molar-refractivity contribution in [2.75, 3.05) is 11.9 Å². The van der Waals surface area contributed by atoms with E-state index in [-0.39, 0.29) is 11.3 Å². The number of anilines is 1. The average Bonchev–Trinajstić information content (AvgIpc) is 2.35. The molecule has 1 rings (SSSR count). The zero-order chi connectivity index (χ0) is 13.9. The van der Waals surface area contributed by atoms with Crippen LogP contribution in [-0.4, -0.2) is 29.1 Å². The van der Waals surface area contributed by atoms with Crippen molar-refractivity contribution < 1.29 is 14.8 Å². The van der Waals surface area contributed by atoms with Crippen LogP contribution < -0.4 is 4.90 Å². The molecule has 0 aliphatic carbocycles. The van der Waals surface area contributed by atoms with Gasteiger partial charge in [-0.15, -0.1) is 0 Å². The normalized spacial score (nSPS) is 11.4. The molecule has 1 N–H and O–H groups in total. The smallest absolute Gasteiger partial charge is 0.326 e. The Kier molecular flexibility index (Phi) is 3.84. The quantitative estimate of drug-likeness (QED) is 0.637. The molecular formula is C11H11N3O4. The standard InChI is InChI=1S/C11H11N3O4/c1-7(11(15)16)13(2)9-4-3-8(6-12)10(5-9)14(17)18/h3-5,7H,1-2H3,(H,15,16). The zero-order valence-corrected chi connectivity index (χ0v) is 9.82. The molecule has 0 fully saturated rings. The van der Waals surface area contributed by atoms with E-state index in [1.165, 1.54) is 37.1 Å². The van der Waals surface area contributed by atoms with Crippen LogP contribution in [0, 0.1) is 21.4 Å². The van der Waals surface area contributed by atoms with Crippen LogP contribution in [0.5, 0.6) is 0 Å². The highest BCUT2D eigenvalue weighted by Gasteiger charge is 2.21. The number of benzene rings is 1. The molecule has 0 spiro atoms. The minimum atomic E-state index is -1.04. The van der Waals surface area contributed by atoms with Gasteiger partial charge in [-0.3, -0.25) is 10.1 Å². The first kappa shape index (κ1) is 13.4. The molecule has 1 unspecified atom stereocenters. The van der Waals surface area contributed by atoms with Gasteiger partial charge < -0.3 is 10.0 Å². The number of nitrogens with zero attached hydrogens (tertiary/aromatic N) is 3.